The molecule has 100 valence electrons. The Bertz CT molecular complexity index is 419. The van der Waals surface area contributed by atoms with E-state index in [0.717, 1.165) is 18.4 Å². The molecule has 0 spiro atoms. The minimum Gasteiger partial charge on any atom is -0.383 e. The van der Waals surface area contributed by atoms with E-state index >= 15 is 0 Å². The highest BCUT2D eigenvalue weighted by molar-refractivity contribution is 5.80. The van der Waals surface area contributed by atoms with Gasteiger partial charge in [-0.1, -0.05) is 6.92 Å². The Balaban J connectivity index is 2.77. The summed E-state index contributed by atoms with van der Waals surface area (Å²) in [6.45, 7) is 6.58. The molecule has 0 aliphatic rings. The van der Waals surface area contributed by atoms with Gasteiger partial charge in [-0.2, -0.15) is 0 Å². The summed E-state index contributed by atoms with van der Waals surface area (Å²) in [6.07, 6.45) is 1.73. The molecular weight excluding hydrogens is 230 g/mol. The zero-order valence-corrected chi connectivity index (χ0v) is 11.2. The number of hydrogen-bond donors (Lipinski definition) is 3. The second-order valence-electron chi connectivity index (χ2n) is 4.06. The van der Waals surface area contributed by atoms with Crippen LogP contribution in [-0.4, -0.2) is 29.0 Å². The number of carbonyl (C=O) groups is 1. The Morgan fingerprint density at radius 3 is 2.67 bits per heavy atom. The van der Waals surface area contributed by atoms with Gasteiger partial charge in [-0.3, -0.25) is 4.79 Å². The molecule has 0 aromatic carbocycles. The maximum atomic E-state index is 11.4. The van der Waals surface area contributed by atoms with Gasteiger partial charge >= 0.3 is 0 Å². The molecule has 1 aromatic heterocycles. The van der Waals surface area contributed by atoms with E-state index < -0.39 is 0 Å². The van der Waals surface area contributed by atoms with Gasteiger partial charge in [0.25, 0.3) is 0 Å². The monoisotopic (exact) mass is 251 g/mol. The molecule has 0 bridgehead atoms. The number of carbonyl (C=O) groups excluding carboxylic acids is 1. The van der Waals surface area contributed by atoms with Gasteiger partial charge in [-0.25, -0.2) is 9.97 Å². The number of amides is 1. The third kappa shape index (κ3) is 3.87. The van der Waals surface area contributed by atoms with E-state index in [-0.39, 0.29) is 12.5 Å². The van der Waals surface area contributed by atoms with Crippen LogP contribution in [0.25, 0.3) is 0 Å². The first-order chi connectivity index (χ1) is 8.58. The molecule has 1 heterocycles. The first-order valence-electron chi connectivity index (χ1n) is 6.22. The van der Waals surface area contributed by atoms with Gasteiger partial charge in [0, 0.05) is 18.5 Å². The number of likely N-dealkylation sites (N-methyl/N-ethyl adjacent to an activating group) is 1. The average molecular weight is 251 g/mol. The minimum absolute atomic E-state index is 0.0638. The van der Waals surface area contributed by atoms with Crippen molar-refractivity contribution >= 4 is 17.5 Å². The summed E-state index contributed by atoms with van der Waals surface area (Å²) in [5, 5.41) is 5.71. The zero-order chi connectivity index (χ0) is 13.5. The Kier molecular flexibility index (Phi) is 5.35. The molecule has 4 N–H and O–H groups in total. The lowest BCUT2D eigenvalue weighted by molar-refractivity contribution is -0.119. The fourth-order valence-electron chi connectivity index (χ4n) is 1.51. The van der Waals surface area contributed by atoms with Gasteiger partial charge in [0.05, 0.1) is 6.54 Å². The number of aryl methyl sites for hydroxylation is 1. The van der Waals surface area contributed by atoms with Crippen LogP contribution in [0.1, 0.15) is 31.7 Å². The molecule has 0 radical (unpaired) electrons. The first kappa shape index (κ1) is 14.2. The summed E-state index contributed by atoms with van der Waals surface area (Å²) in [4.78, 5) is 20.0. The number of anilines is 2. The Hall–Kier alpha value is -1.85. The van der Waals surface area contributed by atoms with E-state index in [2.05, 4.69) is 27.5 Å². The fourth-order valence-corrected chi connectivity index (χ4v) is 1.51. The molecule has 0 saturated heterocycles. The molecule has 6 nitrogen and oxygen atoms in total. The maximum Gasteiger partial charge on any atom is 0.239 e. The summed E-state index contributed by atoms with van der Waals surface area (Å²) >= 11 is 0. The summed E-state index contributed by atoms with van der Waals surface area (Å²) in [7, 11) is 0. The second kappa shape index (κ2) is 6.78. The van der Waals surface area contributed by atoms with E-state index in [4.69, 9.17) is 5.73 Å². The molecule has 1 aromatic rings. The number of rotatable bonds is 6. The predicted octanol–water partition coefficient (Wildman–Crippen LogP) is 0.868. The van der Waals surface area contributed by atoms with Crippen LogP contribution in [-0.2, 0) is 11.2 Å². The summed E-state index contributed by atoms with van der Waals surface area (Å²) in [6, 6.07) is 0. The Morgan fingerprint density at radius 1 is 1.33 bits per heavy atom. The molecule has 1 rings (SSSR count). The van der Waals surface area contributed by atoms with Crippen LogP contribution in [0.4, 0.5) is 11.6 Å². The third-order valence-corrected chi connectivity index (χ3v) is 2.49. The highest BCUT2D eigenvalue weighted by Crippen LogP contribution is 2.17. The van der Waals surface area contributed by atoms with Crippen molar-refractivity contribution < 1.29 is 4.79 Å². The highest BCUT2D eigenvalue weighted by atomic mass is 16.1. The number of nitrogens with two attached hydrogens (primary N) is 1. The lowest BCUT2D eigenvalue weighted by Crippen LogP contribution is -2.30. The molecule has 6 heteroatoms. The molecule has 0 atom stereocenters. The fraction of sp³-hybridized carbons (Fsp3) is 0.583. The van der Waals surface area contributed by atoms with Crippen LogP contribution in [0.2, 0.25) is 0 Å². The number of aromatic nitrogens is 2. The van der Waals surface area contributed by atoms with Gasteiger partial charge in [0.2, 0.25) is 5.91 Å². The average Bonchev–Trinajstić information content (AvgIpc) is 2.32. The van der Waals surface area contributed by atoms with Crippen molar-refractivity contribution in [1.29, 1.82) is 0 Å². The molecule has 0 aliphatic carbocycles. The van der Waals surface area contributed by atoms with Gasteiger partial charge in [-0.05, 0) is 20.3 Å². The molecule has 0 saturated carbocycles. The molecule has 1 amide bonds. The van der Waals surface area contributed by atoms with Crippen molar-refractivity contribution in [2.24, 2.45) is 0 Å². The van der Waals surface area contributed by atoms with Crippen LogP contribution < -0.4 is 16.4 Å². The summed E-state index contributed by atoms with van der Waals surface area (Å²) < 4.78 is 0. The Morgan fingerprint density at radius 2 is 2.06 bits per heavy atom. The van der Waals surface area contributed by atoms with Crippen molar-refractivity contribution in [2.45, 2.75) is 33.6 Å². The highest BCUT2D eigenvalue weighted by Gasteiger charge is 2.09. The zero-order valence-electron chi connectivity index (χ0n) is 11.2. The lowest BCUT2D eigenvalue weighted by Gasteiger charge is -2.11. The topological polar surface area (TPSA) is 92.9 Å². The van der Waals surface area contributed by atoms with Crippen molar-refractivity contribution in [2.75, 3.05) is 24.1 Å². The molecular formula is C12H21N5O. The minimum atomic E-state index is -0.0638. The van der Waals surface area contributed by atoms with Crippen molar-refractivity contribution in [3.8, 4) is 0 Å². The largest absolute Gasteiger partial charge is 0.383 e. The summed E-state index contributed by atoms with van der Waals surface area (Å²) in [5.41, 5.74) is 6.60. The quantitative estimate of drug-likeness (QED) is 0.697. The first-order valence-corrected chi connectivity index (χ1v) is 6.22. The van der Waals surface area contributed by atoms with Crippen LogP contribution >= 0.6 is 0 Å². The Labute approximate surface area is 107 Å². The standard InChI is InChI=1S/C12H21N5O/c1-4-6-9-16-11(13)8(3)12(17-9)15-7-10(18)14-5-2/h4-7H2,1-3H3,(H,14,18)(H3,13,15,16,17). The normalized spacial score (nSPS) is 10.2. The summed E-state index contributed by atoms with van der Waals surface area (Å²) in [5.74, 6) is 1.74. The van der Waals surface area contributed by atoms with Crippen LogP contribution in [0.3, 0.4) is 0 Å². The van der Waals surface area contributed by atoms with Gasteiger partial charge in [0.15, 0.2) is 0 Å². The number of nitrogens with one attached hydrogen (secondary N) is 2. The number of nitrogen functional groups attached to an aromatic ring is 1. The van der Waals surface area contributed by atoms with E-state index in [1.165, 1.54) is 0 Å². The molecule has 0 aliphatic heterocycles. The van der Waals surface area contributed by atoms with Crippen LogP contribution in [0.5, 0.6) is 0 Å². The second-order valence-corrected chi connectivity index (χ2v) is 4.06. The predicted molar refractivity (Wildman–Crippen MR) is 72.3 cm³/mol. The van der Waals surface area contributed by atoms with Crippen molar-refractivity contribution in [3.63, 3.8) is 0 Å². The number of hydrogen-bond acceptors (Lipinski definition) is 5. The lowest BCUT2D eigenvalue weighted by atomic mass is 10.2. The van der Waals surface area contributed by atoms with Gasteiger partial charge in [-0.15, -0.1) is 0 Å². The van der Waals surface area contributed by atoms with E-state index in [9.17, 15) is 4.79 Å². The van der Waals surface area contributed by atoms with E-state index in [1.807, 2.05) is 13.8 Å². The molecule has 0 unspecified atom stereocenters. The number of nitrogens with zero attached hydrogens (tertiary/aromatic N) is 2. The van der Waals surface area contributed by atoms with Gasteiger partial charge < -0.3 is 16.4 Å². The van der Waals surface area contributed by atoms with E-state index in [1.54, 1.807) is 0 Å². The maximum absolute atomic E-state index is 11.4. The smallest absolute Gasteiger partial charge is 0.239 e. The third-order valence-electron chi connectivity index (χ3n) is 2.49. The van der Waals surface area contributed by atoms with Crippen LogP contribution in [0.15, 0.2) is 0 Å². The van der Waals surface area contributed by atoms with Gasteiger partial charge in [0.1, 0.15) is 17.5 Å². The van der Waals surface area contributed by atoms with E-state index in [0.29, 0.717) is 24.0 Å². The van der Waals surface area contributed by atoms with Crippen molar-refractivity contribution in [1.82, 2.24) is 15.3 Å². The SMILES string of the molecule is CCCc1nc(N)c(C)c(NCC(=O)NCC)n1. The van der Waals surface area contributed by atoms with Crippen molar-refractivity contribution in [3.05, 3.63) is 11.4 Å². The molecule has 0 fully saturated rings. The molecule has 18 heavy (non-hydrogen) atoms. The van der Waals surface area contributed by atoms with Crippen LogP contribution in [0, 0.1) is 6.92 Å².